The summed E-state index contributed by atoms with van der Waals surface area (Å²) in [6, 6.07) is 4.09. The molecule has 2 nitrogen and oxygen atoms in total. The van der Waals surface area contributed by atoms with E-state index in [4.69, 9.17) is 0 Å². The summed E-state index contributed by atoms with van der Waals surface area (Å²) in [5.41, 5.74) is 1.14. The fraction of sp³-hybridized carbons (Fsp3) is 0.300. The first-order chi connectivity index (χ1) is 7.04. The average Bonchev–Trinajstić information content (AvgIpc) is 2.15. The van der Waals surface area contributed by atoms with Crippen LogP contribution in [0.2, 0.25) is 0 Å². The zero-order valence-electron chi connectivity index (χ0n) is 8.11. The van der Waals surface area contributed by atoms with Gasteiger partial charge < -0.3 is 5.32 Å². The molecule has 0 saturated carbocycles. The van der Waals surface area contributed by atoms with Crippen molar-refractivity contribution in [1.82, 2.24) is 5.32 Å². The van der Waals surface area contributed by atoms with Gasteiger partial charge in [0, 0.05) is 26.0 Å². The normalized spacial score (nSPS) is 10.1. The number of amides is 1. The first-order valence-electron chi connectivity index (χ1n) is 4.38. The molecule has 0 fully saturated rings. The molecule has 1 rings (SSSR count). The summed E-state index contributed by atoms with van der Waals surface area (Å²) in [5, 5.41) is 2.61. The van der Waals surface area contributed by atoms with Gasteiger partial charge in [0.15, 0.2) is 0 Å². The lowest BCUT2D eigenvalue weighted by Crippen LogP contribution is -2.18. The molecule has 1 N–H and O–H groups in total. The third-order valence-corrected chi connectivity index (χ3v) is 4.02. The predicted octanol–water partition coefficient (Wildman–Crippen LogP) is 3.49. The summed E-state index contributed by atoms with van der Waals surface area (Å²) in [6.45, 7) is 0. The molecule has 1 aromatic rings. The van der Waals surface area contributed by atoms with Crippen LogP contribution in [-0.4, -0.2) is 13.0 Å². The third-order valence-electron chi connectivity index (χ3n) is 1.99. The van der Waals surface area contributed by atoms with Crippen molar-refractivity contribution in [2.24, 2.45) is 0 Å². The second-order valence-corrected chi connectivity index (χ2v) is 5.98. The van der Waals surface area contributed by atoms with Gasteiger partial charge >= 0.3 is 0 Å². The van der Waals surface area contributed by atoms with Gasteiger partial charge in [-0.2, -0.15) is 0 Å². The number of nitrogens with one attached hydrogen (secondary N) is 1. The molecule has 5 heteroatoms. The smallest absolute Gasteiger partial charge is 0.220 e. The minimum absolute atomic E-state index is 0.0624. The molecule has 1 aromatic carbocycles. The molecule has 15 heavy (non-hydrogen) atoms. The Morgan fingerprint density at radius 3 is 2.40 bits per heavy atom. The molecule has 0 heterocycles. The molecule has 82 valence electrons. The molecule has 0 saturated heterocycles. The van der Waals surface area contributed by atoms with Crippen LogP contribution in [0.15, 0.2) is 21.1 Å². The molecule has 0 atom stereocenters. The van der Waals surface area contributed by atoms with E-state index >= 15 is 0 Å². The van der Waals surface area contributed by atoms with Crippen molar-refractivity contribution in [2.75, 3.05) is 7.05 Å². The fourth-order valence-electron chi connectivity index (χ4n) is 1.17. The highest BCUT2D eigenvalue weighted by molar-refractivity contribution is 14.1. The molecule has 0 bridgehead atoms. The van der Waals surface area contributed by atoms with Crippen molar-refractivity contribution in [3.63, 3.8) is 0 Å². The number of carbonyl (C=O) groups is 1. The number of halogens is 3. The van der Waals surface area contributed by atoms with E-state index < -0.39 is 0 Å². The van der Waals surface area contributed by atoms with E-state index in [9.17, 15) is 4.79 Å². The Labute approximate surface area is 120 Å². The Morgan fingerprint density at radius 1 is 1.40 bits per heavy atom. The minimum Gasteiger partial charge on any atom is -0.359 e. The summed E-state index contributed by atoms with van der Waals surface area (Å²) < 4.78 is 3.25. The van der Waals surface area contributed by atoms with Gasteiger partial charge in [-0.15, -0.1) is 0 Å². The Balaban J connectivity index is 2.81. The fourth-order valence-corrected chi connectivity index (χ4v) is 4.24. The Kier molecular flexibility index (Phi) is 5.56. The topological polar surface area (TPSA) is 29.1 Å². The van der Waals surface area contributed by atoms with Crippen molar-refractivity contribution in [3.8, 4) is 0 Å². The molecular weight excluding hydrogens is 437 g/mol. The van der Waals surface area contributed by atoms with E-state index in [0.717, 1.165) is 24.5 Å². The van der Waals surface area contributed by atoms with Gasteiger partial charge in [0.1, 0.15) is 0 Å². The average molecular weight is 447 g/mol. The third kappa shape index (κ3) is 4.03. The van der Waals surface area contributed by atoms with E-state index in [2.05, 4.69) is 59.8 Å². The van der Waals surface area contributed by atoms with E-state index in [1.54, 1.807) is 7.05 Å². The summed E-state index contributed by atoms with van der Waals surface area (Å²) in [7, 11) is 1.65. The van der Waals surface area contributed by atoms with Crippen molar-refractivity contribution >= 4 is 60.4 Å². The molecule has 0 aliphatic heterocycles. The molecule has 0 spiro atoms. The van der Waals surface area contributed by atoms with Crippen LogP contribution in [0.3, 0.4) is 0 Å². The quantitative estimate of drug-likeness (QED) is 0.707. The summed E-state index contributed by atoms with van der Waals surface area (Å²) >= 11 is 9.26. The molecule has 0 radical (unpaired) electrons. The van der Waals surface area contributed by atoms with Crippen LogP contribution in [0.4, 0.5) is 0 Å². The number of hydrogen-bond acceptors (Lipinski definition) is 1. The van der Waals surface area contributed by atoms with E-state index in [-0.39, 0.29) is 5.91 Å². The van der Waals surface area contributed by atoms with Crippen LogP contribution in [0.25, 0.3) is 0 Å². The van der Waals surface area contributed by atoms with E-state index in [1.807, 2.05) is 12.1 Å². The highest BCUT2D eigenvalue weighted by atomic mass is 127. The predicted molar refractivity (Wildman–Crippen MR) is 76.9 cm³/mol. The molecule has 0 aliphatic carbocycles. The highest BCUT2D eigenvalue weighted by Crippen LogP contribution is 2.29. The monoisotopic (exact) mass is 445 g/mol. The maximum Gasteiger partial charge on any atom is 0.220 e. The Bertz CT molecular complexity index is 359. The molecule has 0 aromatic heterocycles. The lowest BCUT2D eigenvalue weighted by molar-refractivity contribution is -0.120. The Hall–Kier alpha value is 0.380. The summed E-state index contributed by atoms with van der Waals surface area (Å²) in [5.74, 6) is 0.0624. The standard InChI is InChI=1S/C10H10Br2INO/c1-14-10(15)3-2-7-8(11)4-6(13)5-9(7)12/h4-5H,2-3H2,1H3,(H,14,15). The number of hydrogen-bond donors (Lipinski definition) is 1. The van der Waals surface area contributed by atoms with Gasteiger partial charge in [-0.25, -0.2) is 0 Å². The van der Waals surface area contributed by atoms with Crippen LogP contribution < -0.4 is 5.32 Å². The maximum atomic E-state index is 11.1. The number of carbonyl (C=O) groups excluding carboxylic acids is 1. The zero-order chi connectivity index (χ0) is 11.4. The lowest BCUT2D eigenvalue weighted by Gasteiger charge is -2.07. The van der Waals surface area contributed by atoms with Gasteiger partial charge in [-0.05, 0) is 46.7 Å². The summed E-state index contributed by atoms with van der Waals surface area (Å²) in [4.78, 5) is 11.1. The van der Waals surface area contributed by atoms with Crippen molar-refractivity contribution in [2.45, 2.75) is 12.8 Å². The van der Waals surface area contributed by atoms with Crippen LogP contribution in [0, 0.1) is 3.57 Å². The molecule has 0 aliphatic rings. The van der Waals surface area contributed by atoms with Gasteiger partial charge in [0.2, 0.25) is 5.91 Å². The van der Waals surface area contributed by atoms with Gasteiger partial charge in [0.25, 0.3) is 0 Å². The first-order valence-corrected chi connectivity index (χ1v) is 7.05. The largest absolute Gasteiger partial charge is 0.359 e. The molecule has 1 amide bonds. The van der Waals surface area contributed by atoms with Gasteiger partial charge in [-0.3, -0.25) is 4.79 Å². The zero-order valence-corrected chi connectivity index (χ0v) is 13.4. The maximum absolute atomic E-state index is 11.1. The van der Waals surface area contributed by atoms with Crippen molar-refractivity contribution in [3.05, 3.63) is 30.2 Å². The minimum atomic E-state index is 0.0624. The van der Waals surface area contributed by atoms with Crippen molar-refractivity contribution in [1.29, 1.82) is 0 Å². The van der Waals surface area contributed by atoms with Gasteiger partial charge in [0.05, 0.1) is 0 Å². The highest BCUT2D eigenvalue weighted by Gasteiger charge is 2.08. The first kappa shape index (κ1) is 13.4. The number of rotatable bonds is 3. The second kappa shape index (κ2) is 6.20. The van der Waals surface area contributed by atoms with Crippen LogP contribution in [0.1, 0.15) is 12.0 Å². The van der Waals surface area contributed by atoms with E-state index in [1.165, 1.54) is 0 Å². The van der Waals surface area contributed by atoms with Crippen molar-refractivity contribution < 1.29 is 4.79 Å². The SMILES string of the molecule is CNC(=O)CCc1c(Br)cc(I)cc1Br. The van der Waals surface area contributed by atoms with Gasteiger partial charge in [-0.1, -0.05) is 31.9 Å². The molecule has 0 unspecified atom stereocenters. The lowest BCUT2D eigenvalue weighted by atomic mass is 10.1. The van der Waals surface area contributed by atoms with Crippen LogP contribution in [-0.2, 0) is 11.2 Å². The van der Waals surface area contributed by atoms with E-state index in [0.29, 0.717) is 6.42 Å². The molecular formula is C10H10Br2INO. The number of benzene rings is 1. The Morgan fingerprint density at radius 2 is 1.93 bits per heavy atom. The van der Waals surface area contributed by atoms with Crippen LogP contribution >= 0.6 is 54.5 Å². The summed E-state index contributed by atoms with van der Waals surface area (Å²) in [6.07, 6.45) is 1.24. The second-order valence-electron chi connectivity index (χ2n) is 3.02. The van der Waals surface area contributed by atoms with Crippen LogP contribution in [0.5, 0.6) is 0 Å².